The summed E-state index contributed by atoms with van der Waals surface area (Å²) in [6, 6.07) is 13.5. The van der Waals surface area contributed by atoms with Gasteiger partial charge in [-0.05, 0) is 36.2 Å². The van der Waals surface area contributed by atoms with Crippen molar-refractivity contribution in [2.75, 3.05) is 7.11 Å². The average Bonchev–Trinajstić information content (AvgIpc) is 2.52. The minimum Gasteiger partial charge on any atom is -0.496 e. The average molecular weight is 306 g/mol. The Morgan fingerprint density at radius 3 is 2.57 bits per heavy atom. The number of aliphatic hydroxyl groups excluding tert-OH is 1. The predicted molar refractivity (Wildman–Crippen MR) is 85.6 cm³/mol. The number of benzene rings is 2. The fourth-order valence-electron chi connectivity index (χ4n) is 2.30. The van der Waals surface area contributed by atoms with Gasteiger partial charge in [0.2, 0.25) is 0 Å². The van der Waals surface area contributed by atoms with E-state index in [1.807, 2.05) is 42.5 Å². The molecule has 0 aliphatic rings. The maximum atomic E-state index is 9.35. The molecule has 0 saturated heterocycles. The molecule has 0 fully saturated rings. The van der Waals surface area contributed by atoms with Gasteiger partial charge in [-0.25, -0.2) is 0 Å². The van der Waals surface area contributed by atoms with Crippen LogP contribution in [0.5, 0.6) is 5.75 Å². The van der Waals surface area contributed by atoms with Crippen molar-refractivity contribution in [2.24, 2.45) is 0 Å². The summed E-state index contributed by atoms with van der Waals surface area (Å²) in [5, 5.41) is 13.5. The summed E-state index contributed by atoms with van der Waals surface area (Å²) < 4.78 is 5.38. The van der Waals surface area contributed by atoms with Crippen LogP contribution in [0.1, 0.15) is 29.7 Å². The molecule has 2 rings (SSSR count). The van der Waals surface area contributed by atoms with E-state index in [1.54, 1.807) is 7.11 Å². The maximum Gasteiger partial charge on any atom is 0.123 e. The molecule has 0 heterocycles. The molecule has 2 aromatic carbocycles. The van der Waals surface area contributed by atoms with E-state index in [-0.39, 0.29) is 12.6 Å². The SMILES string of the molecule is COc1ccc(Cl)cc1C(C)NCc1ccccc1CO. The zero-order chi connectivity index (χ0) is 15.2. The lowest BCUT2D eigenvalue weighted by atomic mass is 10.0. The number of halogens is 1. The topological polar surface area (TPSA) is 41.5 Å². The Labute approximate surface area is 130 Å². The molecule has 1 unspecified atom stereocenters. The predicted octanol–water partition coefficient (Wildman–Crippen LogP) is 3.69. The molecule has 1 atom stereocenters. The second-order valence-corrected chi connectivity index (χ2v) is 5.35. The first kappa shape index (κ1) is 15.8. The first-order chi connectivity index (χ1) is 10.2. The number of hydrogen-bond donors (Lipinski definition) is 2. The van der Waals surface area contributed by atoms with Gasteiger partial charge in [0, 0.05) is 23.2 Å². The van der Waals surface area contributed by atoms with Crippen molar-refractivity contribution in [3.63, 3.8) is 0 Å². The summed E-state index contributed by atoms with van der Waals surface area (Å²) in [5.74, 6) is 0.815. The van der Waals surface area contributed by atoms with Gasteiger partial charge in [-0.2, -0.15) is 0 Å². The van der Waals surface area contributed by atoms with E-state index in [9.17, 15) is 5.11 Å². The molecule has 21 heavy (non-hydrogen) atoms. The van der Waals surface area contributed by atoms with Gasteiger partial charge in [0.05, 0.1) is 13.7 Å². The van der Waals surface area contributed by atoms with Crippen LogP contribution in [0, 0.1) is 0 Å². The molecule has 2 aromatic rings. The molecule has 0 bridgehead atoms. The molecular weight excluding hydrogens is 286 g/mol. The van der Waals surface area contributed by atoms with Gasteiger partial charge in [0.1, 0.15) is 5.75 Å². The van der Waals surface area contributed by atoms with Crippen molar-refractivity contribution >= 4 is 11.6 Å². The van der Waals surface area contributed by atoms with Crippen molar-refractivity contribution in [1.82, 2.24) is 5.32 Å². The molecule has 3 nitrogen and oxygen atoms in total. The maximum absolute atomic E-state index is 9.35. The lowest BCUT2D eigenvalue weighted by molar-refractivity contribution is 0.280. The quantitative estimate of drug-likeness (QED) is 0.855. The summed E-state index contributed by atoms with van der Waals surface area (Å²) in [6.45, 7) is 2.79. The number of rotatable bonds is 6. The standard InChI is InChI=1S/C17H20ClNO2/c1-12(16-9-15(18)7-8-17(16)21-2)19-10-13-5-3-4-6-14(13)11-20/h3-9,12,19-20H,10-11H2,1-2H3. The summed E-state index contributed by atoms with van der Waals surface area (Å²) in [5.41, 5.74) is 3.05. The first-order valence-corrected chi connectivity index (χ1v) is 7.28. The Morgan fingerprint density at radius 1 is 1.19 bits per heavy atom. The van der Waals surface area contributed by atoms with Crippen molar-refractivity contribution in [2.45, 2.75) is 26.1 Å². The van der Waals surface area contributed by atoms with Gasteiger partial charge < -0.3 is 15.2 Å². The van der Waals surface area contributed by atoms with E-state index in [2.05, 4.69) is 12.2 Å². The summed E-state index contributed by atoms with van der Waals surface area (Å²) in [4.78, 5) is 0. The van der Waals surface area contributed by atoms with E-state index in [1.165, 1.54) is 0 Å². The molecule has 0 amide bonds. The van der Waals surface area contributed by atoms with Crippen LogP contribution >= 0.6 is 11.6 Å². The fraction of sp³-hybridized carbons (Fsp3) is 0.294. The molecule has 0 spiro atoms. The van der Waals surface area contributed by atoms with Crippen molar-refractivity contribution in [3.8, 4) is 5.75 Å². The third-order valence-electron chi connectivity index (χ3n) is 3.55. The minimum absolute atomic E-state index is 0.0483. The number of nitrogens with one attached hydrogen (secondary N) is 1. The van der Waals surface area contributed by atoms with Crippen LogP contribution in [-0.2, 0) is 13.2 Å². The summed E-state index contributed by atoms with van der Waals surface area (Å²) >= 11 is 6.07. The van der Waals surface area contributed by atoms with Gasteiger partial charge in [-0.1, -0.05) is 35.9 Å². The van der Waals surface area contributed by atoms with Crippen LogP contribution in [0.3, 0.4) is 0 Å². The van der Waals surface area contributed by atoms with E-state index < -0.39 is 0 Å². The van der Waals surface area contributed by atoms with Crippen molar-refractivity contribution < 1.29 is 9.84 Å². The van der Waals surface area contributed by atoms with Crippen LogP contribution < -0.4 is 10.1 Å². The highest BCUT2D eigenvalue weighted by Gasteiger charge is 2.12. The summed E-state index contributed by atoms with van der Waals surface area (Å²) in [6.07, 6.45) is 0. The molecule has 0 aromatic heterocycles. The van der Waals surface area contributed by atoms with Gasteiger partial charge in [-0.3, -0.25) is 0 Å². The number of hydrogen-bond acceptors (Lipinski definition) is 3. The smallest absolute Gasteiger partial charge is 0.123 e. The number of aliphatic hydroxyl groups is 1. The molecule has 0 saturated carbocycles. The second kappa shape index (κ2) is 7.46. The zero-order valence-electron chi connectivity index (χ0n) is 12.3. The fourth-order valence-corrected chi connectivity index (χ4v) is 2.48. The highest BCUT2D eigenvalue weighted by atomic mass is 35.5. The van der Waals surface area contributed by atoms with Gasteiger partial charge >= 0.3 is 0 Å². The van der Waals surface area contributed by atoms with E-state index in [0.717, 1.165) is 22.4 Å². The van der Waals surface area contributed by atoms with Crippen LogP contribution in [0.15, 0.2) is 42.5 Å². The molecule has 4 heteroatoms. The van der Waals surface area contributed by atoms with Gasteiger partial charge in [0.25, 0.3) is 0 Å². The second-order valence-electron chi connectivity index (χ2n) is 4.92. The van der Waals surface area contributed by atoms with Crippen LogP contribution in [0.2, 0.25) is 5.02 Å². The Bertz CT molecular complexity index is 601. The number of methoxy groups -OCH3 is 1. The lowest BCUT2D eigenvalue weighted by Crippen LogP contribution is -2.19. The van der Waals surface area contributed by atoms with Gasteiger partial charge in [0.15, 0.2) is 0 Å². The largest absolute Gasteiger partial charge is 0.496 e. The van der Waals surface area contributed by atoms with Crippen LogP contribution in [0.25, 0.3) is 0 Å². The zero-order valence-corrected chi connectivity index (χ0v) is 13.0. The highest BCUT2D eigenvalue weighted by Crippen LogP contribution is 2.28. The Morgan fingerprint density at radius 2 is 1.90 bits per heavy atom. The molecule has 0 radical (unpaired) electrons. The molecule has 0 aliphatic heterocycles. The molecular formula is C17H20ClNO2. The van der Waals surface area contributed by atoms with Gasteiger partial charge in [-0.15, -0.1) is 0 Å². The lowest BCUT2D eigenvalue weighted by Gasteiger charge is -2.18. The Hall–Kier alpha value is -1.55. The normalized spacial score (nSPS) is 12.2. The molecule has 2 N–H and O–H groups in total. The van der Waals surface area contributed by atoms with Crippen molar-refractivity contribution in [3.05, 3.63) is 64.2 Å². The molecule has 112 valence electrons. The summed E-state index contributed by atoms with van der Waals surface area (Å²) in [7, 11) is 1.65. The molecule has 0 aliphatic carbocycles. The van der Waals surface area contributed by atoms with Crippen LogP contribution in [0.4, 0.5) is 0 Å². The Balaban J connectivity index is 2.11. The van der Waals surface area contributed by atoms with E-state index >= 15 is 0 Å². The highest BCUT2D eigenvalue weighted by molar-refractivity contribution is 6.30. The van der Waals surface area contributed by atoms with Crippen molar-refractivity contribution in [1.29, 1.82) is 0 Å². The number of ether oxygens (including phenoxy) is 1. The Kier molecular flexibility index (Phi) is 5.62. The third kappa shape index (κ3) is 3.97. The first-order valence-electron chi connectivity index (χ1n) is 6.90. The van der Waals surface area contributed by atoms with E-state index in [4.69, 9.17) is 16.3 Å². The van der Waals surface area contributed by atoms with Crippen LogP contribution in [-0.4, -0.2) is 12.2 Å². The minimum atomic E-state index is 0.0483. The monoisotopic (exact) mass is 305 g/mol. The third-order valence-corrected chi connectivity index (χ3v) is 3.78. The van der Waals surface area contributed by atoms with E-state index in [0.29, 0.717) is 11.6 Å².